The molecule has 6 heteroatoms. The van der Waals surface area contributed by atoms with E-state index in [-0.39, 0.29) is 10.6 Å². The largest absolute Gasteiger partial charge is 0.483 e. The SMILES string of the molecule is CCOC(=S)C(C#N)=C(C)Nc1c(C)ccnc1Cl. The standard InChI is InChI=1S/C13H14ClN3OS/c1-4-18-13(19)10(7-15)9(3)17-11-8(2)5-6-16-12(11)14/h5-6,17H,4H2,1-3H3. The van der Waals surface area contributed by atoms with Crippen LogP contribution in [-0.4, -0.2) is 16.6 Å². The highest BCUT2D eigenvalue weighted by molar-refractivity contribution is 7.80. The number of nitrogens with zero attached hydrogens (tertiary/aromatic N) is 2. The van der Waals surface area contributed by atoms with Crippen LogP contribution in [0.15, 0.2) is 23.5 Å². The van der Waals surface area contributed by atoms with Gasteiger partial charge in [0.2, 0.25) is 5.05 Å². The molecule has 0 fully saturated rings. The van der Waals surface area contributed by atoms with Crippen LogP contribution in [0.4, 0.5) is 5.69 Å². The number of ether oxygens (including phenoxy) is 1. The van der Waals surface area contributed by atoms with Crippen molar-refractivity contribution in [3.8, 4) is 6.07 Å². The number of halogens is 1. The van der Waals surface area contributed by atoms with Crippen molar-refractivity contribution >= 4 is 34.6 Å². The summed E-state index contributed by atoms with van der Waals surface area (Å²) in [6.45, 7) is 5.87. The minimum atomic E-state index is 0.174. The van der Waals surface area contributed by atoms with Gasteiger partial charge in [-0.25, -0.2) is 4.98 Å². The van der Waals surface area contributed by atoms with E-state index in [0.717, 1.165) is 5.56 Å². The fraction of sp³-hybridized carbons (Fsp3) is 0.308. The van der Waals surface area contributed by atoms with Gasteiger partial charge in [-0.2, -0.15) is 5.26 Å². The van der Waals surface area contributed by atoms with E-state index in [4.69, 9.17) is 33.8 Å². The molecule has 0 spiro atoms. The van der Waals surface area contributed by atoms with E-state index in [1.165, 1.54) is 0 Å². The second-order valence-electron chi connectivity index (χ2n) is 3.75. The summed E-state index contributed by atoms with van der Waals surface area (Å²) < 4.78 is 5.18. The second kappa shape index (κ2) is 7.07. The molecule has 0 saturated heterocycles. The summed E-state index contributed by atoms with van der Waals surface area (Å²) in [5.41, 5.74) is 2.46. The first kappa shape index (κ1) is 15.4. The lowest BCUT2D eigenvalue weighted by molar-refractivity contribution is 0.337. The third-order valence-corrected chi connectivity index (χ3v) is 3.00. The Kier molecular flexibility index (Phi) is 5.74. The van der Waals surface area contributed by atoms with E-state index < -0.39 is 0 Å². The average molecular weight is 296 g/mol. The Labute approximate surface area is 123 Å². The highest BCUT2D eigenvalue weighted by atomic mass is 35.5. The number of anilines is 1. The van der Waals surface area contributed by atoms with Gasteiger partial charge in [-0.05, 0) is 44.6 Å². The summed E-state index contributed by atoms with van der Waals surface area (Å²) in [4.78, 5) is 3.99. The molecule has 0 aliphatic carbocycles. The van der Waals surface area contributed by atoms with Gasteiger partial charge in [-0.3, -0.25) is 0 Å². The summed E-state index contributed by atoms with van der Waals surface area (Å²) in [5, 5.41) is 12.7. The number of aryl methyl sites for hydroxylation is 1. The molecular weight excluding hydrogens is 282 g/mol. The zero-order valence-corrected chi connectivity index (χ0v) is 12.5. The molecule has 100 valence electrons. The number of nitrogens with one attached hydrogen (secondary N) is 1. The van der Waals surface area contributed by atoms with Gasteiger partial charge in [0, 0.05) is 11.9 Å². The van der Waals surface area contributed by atoms with E-state index in [1.54, 1.807) is 13.1 Å². The Morgan fingerprint density at radius 1 is 1.63 bits per heavy atom. The van der Waals surface area contributed by atoms with Crippen LogP contribution in [0.3, 0.4) is 0 Å². The van der Waals surface area contributed by atoms with Crippen molar-refractivity contribution in [2.24, 2.45) is 0 Å². The molecule has 0 amide bonds. The Hall–Kier alpha value is -1.64. The van der Waals surface area contributed by atoms with Crippen LogP contribution in [-0.2, 0) is 4.74 Å². The van der Waals surface area contributed by atoms with E-state index in [0.29, 0.717) is 23.1 Å². The van der Waals surface area contributed by atoms with Gasteiger partial charge in [0.15, 0.2) is 5.15 Å². The van der Waals surface area contributed by atoms with Crippen molar-refractivity contribution in [3.63, 3.8) is 0 Å². The van der Waals surface area contributed by atoms with Crippen molar-refractivity contribution < 1.29 is 4.74 Å². The number of allylic oxidation sites excluding steroid dienone is 1. The minimum absolute atomic E-state index is 0.174. The van der Waals surface area contributed by atoms with E-state index in [1.807, 2.05) is 26.0 Å². The lowest BCUT2D eigenvalue weighted by atomic mass is 10.2. The molecule has 19 heavy (non-hydrogen) atoms. The molecule has 0 atom stereocenters. The molecule has 0 bridgehead atoms. The van der Waals surface area contributed by atoms with E-state index in [9.17, 15) is 0 Å². The highest BCUT2D eigenvalue weighted by Gasteiger charge is 2.12. The van der Waals surface area contributed by atoms with Crippen LogP contribution in [0.25, 0.3) is 0 Å². The van der Waals surface area contributed by atoms with Gasteiger partial charge < -0.3 is 10.1 Å². The number of hydrogen-bond donors (Lipinski definition) is 1. The molecule has 1 heterocycles. The zero-order chi connectivity index (χ0) is 14.4. The molecule has 1 aromatic heterocycles. The molecule has 0 aromatic carbocycles. The van der Waals surface area contributed by atoms with Gasteiger partial charge in [0.25, 0.3) is 0 Å². The summed E-state index contributed by atoms with van der Waals surface area (Å²) in [7, 11) is 0. The van der Waals surface area contributed by atoms with Crippen LogP contribution in [0.5, 0.6) is 0 Å². The molecule has 0 unspecified atom stereocenters. The average Bonchev–Trinajstić information content (AvgIpc) is 2.35. The third-order valence-electron chi connectivity index (χ3n) is 2.39. The quantitative estimate of drug-likeness (QED) is 0.398. The number of pyridine rings is 1. The third kappa shape index (κ3) is 3.91. The zero-order valence-electron chi connectivity index (χ0n) is 11.0. The predicted molar refractivity (Wildman–Crippen MR) is 80.1 cm³/mol. The van der Waals surface area contributed by atoms with Crippen LogP contribution >= 0.6 is 23.8 Å². The predicted octanol–water partition coefficient (Wildman–Crippen LogP) is 3.62. The van der Waals surface area contributed by atoms with Crippen molar-refractivity contribution in [1.82, 2.24) is 4.98 Å². The summed E-state index contributed by atoms with van der Waals surface area (Å²) in [6, 6.07) is 3.86. The molecule has 4 nitrogen and oxygen atoms in total. The molecule has 1 rings (SSSR count). The first-order valence-corrected chi connectivity index (χ1v) is 6.46. The molecule has 0 aliphatic rings. The first-order valence-electron chi connectivity index (χ1n) is 5.67. The molecular formula is C13H14ClN3OS. The Bertz CT molecular complexity index is 543. The monoisotopic (exact) mass is 295 g/mol. The maximum absolute atomic E-state index is 9.15. The van der Waals surface area contributed by atoms with Gasteiger partial charge in [-0.15, -0.1) is 0 Å². The van der Waals surface area contributed by atoms with Crippen LogP contribution in [0, 0.1) is 18.3 Å². The number of aromatic nitrogens is 1. The molecule has 1 aromatic rings. The van der Waals surface area contributed by atoms with Gasteiger partial charge in [-0.1, -0.05) is 11.6 Å². The lowest BCUT2D eigenvalue weighted by Crippen LogP contribution is -2.10. The van der Waals surface area contributed by atoms with Crippen molar-refractivity contribution in [2.75, 3.05) is 11.9 Å². The van der Waals surface area contributed by atoms with Crippen LogP contribution in [0.1, 0.15) is 19.4 Å². The fourth-order valence-corrected chi connectivity index (χ4v) is 1.98. The Morgan fingerprint density at radius 2 is 2.32 bits per heavy atom. The first-order chi connectivity index (χ1) is 9.01. The number of rotatable bonds is 4. The van der Waals surface area contributed by atoms with Gasteiger partial charge in [0.05, 0.1) is 12.3 Å². The molecule has 0 saturated carbocycles. The Balaban J connectivity index is 3.09. The van der Waals surface area contributed by atoms with Gasteiger partial charge in [0.1, 0.15) is 11.6 Å². The summed E-state index contributed by atoms with van der Waals surface area (Å²) in [5.74, 6) is 0. The maximum Gasteiger partial charge on any atom is 0.203 e. The fourth-order valence-electron chi connectivity index (χ4n) is 1.41. The maximum atomic E-state index is 9.15. The highest BCUT2D eigenvalue weighted by Crippen LogP contribution is 2.25. The van der Waals surface area contributed by atoms with Crippen LogP contribution < -0.4 is 5.32 Å². The number of thiocarbonyl (C=S) groups is 1. The van der Waals surface area contributed by atoms with Crippen molar-refractivity contribution in [1.29, 1.82) is 5.26 Å². The topological polar surface area (TPSA) is 57.9 Å². The van der Waals surface area contributed by atoms with Crippen LogP contribution in [0.2, 0.25) is 5.15 Å². The number of nitriles is 1. The van der Waals surface area contributed by atoms with Gasteiger partial charge >= 0.3 is 0 Å². The smallest absolute Gasteiger partial charge is 0.203 e. The van der Waals surface area contributed by atoms with Crippen molar-refractivity contribution in [3.05, 3.63) is 34.2 Å². The van der Waals surface area contributed by atoms with Crippen molar-refractivity contribution in [2.45, 2.75) is 20.8 Å². The molecule has 1 N–H and O–H groups in total. The molecule has 0 aliphatic heterocycles. The summed E-state index contributed by atoms with van der Waals surface area (Å²) >= 11 is 11.1. The summed E-state index contributed by atoms with van der Waals surface area (Å²) in [6.07, 6.45) is 1.62. The normalized spacial score (nSPS) is 11.3. The van der Waals surface area contributed by atoms with E-state index in [2.05, 4.69) is 10.3 Å². The Morgan fingerprint density at radius 3 is 2.84 bits per heavy atom. The molecule has 0 radical (unpaired) electrons. The minimum Gasteiger partial charge on any atom is -0.483 e. The number of hydrogen-bond acceptors (Lipinski definition) is 5. The second-order valence-corrected chi connectivity index (χ2v) is 4.48. The van der Waals surface area contributed by atoms with E-state index >= 15 is 0 Å². The lowest BCUT2D eigenvalue weighted by Gasteiger charge is -2.13.